The number of aryl methyl sites for hydroxylation is 1. The molecule has 18 heavy (non-hydrogen) atoms. The van der Waals surface area contributed by atoms with Crippen LogP contribution >= 0.6 is 0 Å². The molecule has 0 aromatic carbocycles. The minimum Gasteiger partial charge on any atom is -0.350 e. The summed E-state index contributed by atoms with van der Waals surface area (Å²) in [5, 5.41) is 2.89. The lowest BCUT2D eigenvalue weighted by atomic mass is 10.00. The maximum atomic E-state index is 11.8. The summed E-state index contributed by atoms with van der Waals surface area (Å²) in [6.07, 6.45) is 5.50. The molecule has 0 unspecified atom stereocenters. The number of hydrogen-bond donors (Lipinski definition) is 2. The smallest absolute Gasteiger partial charge is 0.220 e. The SMILES string of the molecule is Cc1nccc(CNC(=O)C[C@@H]2CCC[C@H]2N)n1. The molecule has 1 fully saturated rings. The van der Waals surface area contributed by atoms with Crippen LogP contribution in [0.25, 0.3) is 0 Å². The number of amides is 1. The molecular formula is C13H20N4O. The van der Waals surface area contributed by atoms with Crippen molar-refractivity contribution in [3.63, 3.8) is 0 Å². The zero-order valence-corrected chi connectivity index (χ0v) is 10.7. The van der Waals surface area contributed by atoms with Gasteiger partial charge >= 0.3 is 0 Å². The summed E-state index contributed by atoms with van der Waals surface area (Å²) in [6.45, 7) is 2.30. The zero-order valence-electron chi connectivity index (χ0n) is 10.7. The van der Waals surface area contributed by atoms with Crippen molar-refractivity contribution < 1.29 is 4.79 Å². The average Bonchev–Trinajstić information content (AvgIpc) is 2.73. The fourth-order valence-electron chi connectivity index (χ4n) is 2.42. The Morgan fingerprint density at radius 2 is 2.39 bits per heavy atom. The summed E-state index contributed by atoms with van der Waals surface area (Å²) in [6, 6.07) is 2.01. The van der Waals surface area contributed by atoms with Crippen LogP contribution < -0.4 is 11.1 Å². The summed E-state index contributed by atoms with van der Waals surface area (Å²) >= 11 is 0. The molecule has 0 saturated heterocycles. The predicted molar refractivity (Wildman–Crippen MR) is 68.5 cm³/mol. The third-order valence-electron chi connectivity index (χ3n) is 3.47. The van der Waals surface area contributed by atoms with Gasteiger partial charge in [-0.05, 0) is 31.7 Å². The fraction of sp³-hybridized carbons (Fsp3) is 0.615. The van der Waals surface area contributed by atoms with Gasteiger partial charge in [-0.3, -0.25) is 4.79 Å². The molecule has 5 heteroatoms. The lowest BCUT2D eigenvalue weighted by Crippen LogP contribution is -2.31. The lowest BCUT2D eigenvalue weighted by molar-refractivity contribution is -0.122. The van der Waals surface area contributed by atoms with Crippen LogP contribution in [0.4, 0.5) is 0 Å². The summed E-state index contributed by atoms with van der Waals surface area (Å²) in [4.78, 5) is 20.1. The number of nitrogens with one attached hydrogen (secondary N) is 1. The number of hydrogen-bond acceptors (Lipinski definition) is 4. The number of rotatable bonds is 4. The van der Waals surface area contributed by atoms with E-state index in [1.54, 1.807) is 6.20 Å². The molecule has 1 aliphatic carbocycles. The van der Waals surface area contributed by atoms with E-state index in [0.717, 1.165) is 30.8 Å². The first-order valence-corrected chi connectivity index (χ1v) is 6.46. The van der Waals surface area contributed by atoms with Crippen molar-refractivity contribution in [2.45, 2.75) is 45.2 Å². The maximum Gasteiger partial charge on any atom is 0.220 e. The first kappa shape index (κ1) is 13.0. The van der Waals surface area contributed by atoms with Gasteiger partial charge in [-0.1, -0.05) is 6.42 Å². The van der Waals surface area contributed by atoms with Crippen LogP contribution in [0.5, 0.6) is 0 Å². The Morgan fingerprint density at radius 1 is 1.56 bits per heavy atom. The molecule has 2 atom stereocenters. The molecular weight excluding hydrogens is 228 g/mol. The Balaban J connectivity index is 1.78. The van der Waals surface area contributed by atoms with Gasteiger partial charge in [0.15, 0.2) is 0 Å². The van der Waals surface area contributed by atoms with Crippen LogP contribution in [0.2, 0.25) is 0 Å². The Morgan fingerprint density at radius 3 is 3.06 bits per heavy atom. The molecule has 3 N–H and O–H groups in total. The molecule has 0 aliphatic heterocycles. The number of carbonyl (C=O) groups excluding carboxylic acids is 1. The molecule has 2 rings (SSSR count). The molecule has 1 aromatic rings. The van der Waals surface area contributed by atoms with Crippen molar-refractivity contribution in [2.24, 2.45) is 11.7 Å². The maximum absolute atomic E-state index is 11.8. The molecule has 1 saturated carbocycles. The molecule has 0 spiro atoms. The first-order valence-electron chi connectivity index (χ1n) is 6.46. The third-order valence-corrected chi connectivity index (χ3v) is 3.47. The van der Waals surface area contributed by atoms with Gasteiger partial charge in [0.2, 0.25) is 5.91 Å². The molecule has 0 bridgehead atoms. The monoisotopic (exact) mass is 248 g/mol. The molecule has 1 aliphatic rings. The van der Waals surface area contributed by atoms with Crippen molar-refractivity contribution in [3.8, 4) is 0 Å². The average molecular weight is 248 g/mol. The number of nitrogens with two attached hydrogens (primary N) is 1. The van der Waals surface area contributed by atoms with Crippen molar-refractivity contribution >= 4 is 5.91 Å². The van der Waals surface area contributed by atoms with Crippen LogP contribution in [0.15, 0.2) is 12.3 Å². The van der Waals surface area contributed by atoms with Gasteiger partial charge < -0.3 is 11.1 Å². The second-order valence-corrected chi connectivity index (χ2v) is 4.93. The predicted octanol–water partition coefficient (Wildman–Crippen LogP) is 0.919. The van der Waals surface area contributed by atoms with Crippen molar-refractivity contribution in [1.82, 2.24) is 15.3 Å². The van der Waals surface area contributed by atoms with E-state index in [1.807, 2.05) is 13.0 Å². The quantitative estimate of drug-likeness (QED) is 0.830. The highest BCUT2D eigenvalue weighted by molar-refractivity contribution is 5.76. The summed E-state index contributed by atoms with van der Waals surface area (Å²) < 4.78 is 0. The lowest BCUT2D eigenvalue weighted by Gasteiger charge is -2.14. The van der Waals surface area contributed by atoms with Gasteiger partial charge in [0.05, 0.1) is 12.2 Å². The van der Waals surface area contributed by atoms with Gasteiger partial charge in [-0.25, -0.2) is 9.97 Å². The van der Waals surface area contributed by atoms with Crippen LogP contribution in [-0.2, 0) is 11.3 Å². The highest BCUT2D eigenvalue weighted by atomic mass is 16.1. The second-order valence-electron chi connectivity index (χ2n) is 4.93. The Bertz CT molecular complexity index is 421. The highest BCUT2D eigenvalue weighted by Gasteiger charge is 2.25. The van der Waals surface area contributed by atoms with E-state index in [1.165, 1.54) is 0 Å². The van der Waals surface area contributed by atoms with E-state index in [0.29, 0.717) is 18.9 Å². The van der Waals surface area contributed by atoms with E-state index in [9.17, 15) is 4.79 Å². The molecule has 1 heterocycles. The Hall–Kier alpha value is -1.49. The zero-order chi connectivity index (χ0) is 13.0. The summed E-state index contributed by atoms with van der Waals surface area (Å²) in [7, 11) is 0. The normalized spacial score (nSPS) is 23.0. The molecule has 0 radical (unpaired) electrons. The molecule has 5 nitrogen and oxygen atoms in total. The molecule has 98 valence electrons. The Labute approximate surface area is 107 Å². The minimum atomic E-state index is 0.0635. The minimum absolute atomic E-state index is 0.0635. The highest BCUT2D eigenvalue weighted by Crippen LogP contribution is 2.26. The van der Waals surface area contributed by atoms with Crippen molar-refractivity contribution in [1.29, 1.82) is 0 Å². The largest absolute Gasteiger partial charge is 0.350 e. The molecule has 1 amide bonds. The van der Waals surface area contributed by atoms with E-state index in [4.69, 9.17) is 5.73 Å². The van der Waals surface area contributed by atoms with Gasteiger partial charge in [-0.15, -0.1) is 0 Å². The van der Waals surface area contributed by atoms with Crippen LogP contribution in [0.3, 0.4) is 0 Å². The van der Waals surface area contributed by atoms with Crippen LogP contribution in [0.1, 0.15) is 37.2 Å². The standard InChI is InChI=1S/C13H20N4O/c1-9-15-6-5-11(17-9)8-16-13(18)7-10-3-2-4-12(10)14/h5-6,10,12H,2-4,7-8,14H2,1H3,(H,16,18)/t10-,12+/m0/s1. The topological polar surface area (TPSA) is 80.9 Å². The summed E-state index contributed by atoms with van der Waals surface area (Å²) in [5.74, 6) is 1.13. The van der Waals surface area contributed by atoms with Crippen LogP contribution in [0, 0.1) is 12.8 Å². The first-order chi connectivity index (χ1) is 8.65. The van der Waals surface area contributed by atoms with Gasteiger partial charge in [0.1, 0.15) is 5.82 Å². The third kappa shape index (κ3) is 3.50. The van der Waals surface area contributed by atoms with Gasteiger partial charge in [0.25, 0.3) is 0 Å². The number of carbonyl (C=O) groups is 1. The van der Waals surface area contributed by atoms with E-state index >= 15 is 0 Å². The van der Waals surface area contributed by atoms with Crippen molar-refractivity contribution in [3.05, 3.63) is 23.8 Å². The van der Waals surface area contributed by atoms with E-state index in [-0.39, 0.29) is 11.9 Å². The molecule has 1 aromatic heterocycles. The summed E-state index contributed by atoms with van der Waals surface area (Å²) in [5.41, 5.74) is 6.79. The van der Waals surface area contributed by atoms with E-state index in [2.05, 4.69) is 15.3 Å². The Kier molecular flexibility index (Phi) is 4.25. The van der Waals surface area contributed by atoms with Gasteiger partial charge in [0, 0.05) is 18.7 Å². The van der Waals surface area contributed by atoms with Crippen LogP contribution in [-0.4, -0.2) is 21.9 Å². The second kappa shape index (κ2) is 5.91. The number of nitrogens with zero attached hydrogens (tertiary/aromatic N) is 2. The fourth-order valence-corrected chi connectivity index (χ4v) is 2.42. The number of aromatic nitrogens is 2. The van der Waals surface area contributed by atoms with Crippen molar-refractivity contribution in [2.75, 3.05) is 0 Å². The van der Waals surface area contributed by atoms with E-state index < -0.39 is 0 Å². The van der Waals surface area contributed by atoms with Gasteiger partial charge in [-0.2, -0.15) is 0 Å².